The normalized spacial score (nSPS) is 11.7. The molecule has 8 heteroatoms. The predicted octanol–water partition coefficient (Wildman–Crippen LogP) is 4.57. The number of unbranched alkanes of at least 4 members (excludes halogenated alkanes) is 1. The highest BCUT2D eigenvalue weighted by atomic mass is 32.2. The molecule has 0 heterocycles. The number of carboxylic acids is 1. The van der Waals surface area contributed by atoms with Crippen molar-refractivity contribution >= 4 is 28.2 Å². The van der Waals surface area contributed by atoms with Crippen LogP contribution in [0.15, 0.2) is 48.6 Å². The Hall–Kier alpha value is -3.26. The number of methoxy groups -OCH3 is 1. The minimum absolute atomic E-state index is 0.138. The lowest BCUT2D eigenvalue weighted by molar-refractivity contribution is -0.131. The average Bonchev–Trinajstić information content (AvgIpc) is 2.73. The molecule has 7 nitrogen and oxygen atoms in total. The van der Waals surface area contributed by atoms with E-state index >= 15 is 0 Å². The van der Waals surface area contributed by atoms with Crippen molar-refractivity contribution in [3.05, 3.63) is 65.2 Å². The molecule has 2 aromatic rings. The van der Waals surface area contributed by atoms with E-state index in [0.29, 0.717) is 24.5 Å². The smallest absolute Gasteiger partial charge is 0.328 e. The van der Waals surface area contributed by atoms with Gasteiger partial charge >= 0.3 is 16.1 Å². The number of rotatable bonds is 12. The number of ether oxygens (including phenoxy) is 2. The second-order valence-electron chi connectivity index (χ2n) is 7.05. The maximum atomic E-state index is 11.4. The van der Waals surface area contributed by atoms with Gasteiger partial charge in [-0.3, -0.25) is 0 Å². The monoisotopic (exact) mass is 460 g/mol. The Morgan fingerprint density at radius 3 is 2.50 bits per heavy atom. The number of aliphatic carboxylic acids is 1. The molecule has 32 heavy (non-hydrogen) atoms. The molecular weight excluding hydrogens is 432 g/mol. The van der Waals surface area contributed by atoms with Gasteiger partial charge in [-0.1, -0.05) is 43.7 Å². The Kier molecular flexibility index (Phi) is 9.34. The van der Waals surface area contributed by atoms with Crippen molar-refractivity contribution in [1.29, 1.82) is 0 Å². The van der Waals surface area contributed by atoms with E-state index in [1.165, 1.54) is 13.2 Å². The zero-order valence-electron chi connectivity index (χ0n) is 18.4. The topological polar surface area (TPSA) is 99.1 Å². The standard InChI is InChI=1S/C24H28O7S/c1-4-5-15-30-22-16-19(11-14-24(25)26)9-12-20(22)8-6-7-18-10-13-21(23(17-18)29-2)31-32(3,27)28/h6,8-14,16-17H,4-5,7,15H2,1-3H3,(H,25,26)/b8-6+,14-11+. The lowest BCUT2D eigenvalue weighted by Crippen LogP contribution is -2.07. The van der Waals surface area contributed by atoms with E-state index < -0.39 is 16.1 Å². The zero-order valence-corrected chi connectivity index (χ0v) is 19.2. The molecule has 0 amide bonds. The molecule has 0 radical (unpaired) electrons. The molecule has 0 saturated heterocycles. The van der Waals surface area contributed by atoms with Crippen LogP contribution in [0.4, 0.5) is 0 Å². The van der Waals surface area contributed by atoms with Gasteiger partial charge in [0.2, 0.25) is 0 Å². The van der Waals surface area contributed by atoms with E-state index in [0.717, 1.165) is 41.9 Å². The first-order chi connectivity index (χ1) is 15.2. The molecule has 2 rings (SSSR count). The molecule has 172 valence electrons. The molecule has 0 aromatic heterocycles. The Bertz CT molecular complexity index is 1090. The first-order valence-electron chi connectivity index (χ1n) is 10.1. The minimum atomic E-state index is -3.65. The highest BCUT2D eigenvalue weighted by Crippen LogP contribution is 2.30. The maximum Gasteiger partial charge on any atom is 0.328 e. The van der Waals surface area contributed by atoms with Gasteiger partial charge in [-0.25, -0.2) is 4.79 Å². The molecule has 0 fully saturated rings. The second-order valence-corrected chi connectivity index (χ2v) is 8.62. The summed E-state index contributed by atoms with van der Waals surface area (Å²) in [5.74, 6) is 0.140. The third-order valence-corrected chi connectivity index (χ3v) is 4.81. The van der Waals surface area contributed by atoms with Crippen LogP contribution < -0.4 is 13.7 Å². The van der Waals surface area contributed by atoms with E-state index in [1.54, 1.807) is 18.2 Å². The summed E-state index contributed by atoms with van der Waals surface area (Å²) in [6.45, 7) is 2.65. The van der Waals surface area contributed by atoms with Crippen LogP contribution in [0, 0.1) is 0 Å². The molecule has 0 atom stereocenters. The van der Waals surface area contributed by atoms with E-state index in [9.17, 15) is 13.2 Å². The molecule has 0 aliphatic heterocycles. The zero-order chi connectivity index (χ0) is 23.6. The van der Waals surface area contributed by atoms with Gasteiger partial charge in [-0.2, -0.15) is 8.42 Å². The molecule has 0 unspecified atom stereocenters. The van der Waals surface area contributed by atoms with Crippen LogP contribution in [0.5, 0.6) is 17.2 Å². The summed E-state index contributed by atoms with van der Waals surface area (Å²) in [4.78, 5) is 10.8. The van der Waals surface area contributed by atoms with Crippen molar-refractivity contribution in [1.82, 2.24) is 0 Å². The summed E-state index contributed by atoms with van der Waals surface area (Å²) in [6, 6.07) is 10.6. The summed E-state index contributed by atoms with van der Waals surface area (Å²) in [7, 11) is -2.20. The van der Waals surface area contributed by atoms with Gasteiger partial charge in [-0.05, 0) is 48.2 Å². The summed E-state index contributed by atoms with van der Waals surface area (Å²) in [6.07, 6.45) is 9.97. The Morgan fingerprint density at radius 1 is 1.06 bits per heavy atom. The summed E-state index contributed by atoms with van der Waals surface area (Å²) in [5.41, 5.74) is 2.52. The van der Waals surface area contributed by atoms with E-state index in [4.69, 9.17) is 18.8 Å². The van der Waals surface area contributed by atoms with Gasteiger partial charge in [0.25, 0.3) is 0 Å². The highest BCUT2D eigenvalue weighted by molar-refractivity contribution is 7.86. The summed E-state index contributed by atoms with van der Waals surface area (Å²) >= 11 is 0. The van der Waals surface area contributed by atoms with Crippen LogP contribution in [-0.2, 0) is 21.3 Å². The third-order valence-electron chi connectivity index (χ3n) is 4.33. The molecule has 1 N–H and O–H groups in total. The molecule has 0 saturated carbocycles. The minimum Gasteiger partial charge on any atom is -0.493 e. The van der Waals surface area contributed by atoms with Crippen molar-refractivity contribution in [3.63, 3.8) is 0 Å². The predicted molar refractivity (Wildman–Crippen MR) is 125 cm³/mol. The van der Waals surface area contributed by atoms with Crippen LogP contribution in [0.3, 0.4) is 0 Å². The fraction of sp³-hybridized carbons (Fsp3) is 0.292. The lowest BCUT2D eigenvalue weighted by Gasteiger charge is -2.11. The maximum absolute atomic E-state index is 11.4. The highest BCUT2D eigenvalue weighted by Gasteiger charge is 2.11. The third kappa shape index (κ3) is 8.47. The van der Waals surface area contributed by atoms with E-state index in [2.05, 4.69) is 6.92 Å². The number of hydrogen-bond acceptors (Lipinski definition) is 6. The number of carbonyl (C=O) groups is 1. The summed E-state index contributed by atoms with van der Waals surface area (Å²) < 4.78 is 38.8. The fourth-order valence-electron chi connectivity index (χ4n) is 2.80. The van der Waals surface area contributed by atoms with Gasteiger partial charge < -0.3 is 18.8 Å². The van der Waals surface area contributed by atoms with Crippen LogP contribution in [0.1, 0.15) is 36.5 Å². The molecule has 0 aliphatic carbocycles. The van der Waals surface area contributed by atoms with Crippen molar-refractivity contribution in [2.24, 2.45) is 0 Å². The number of allylic oxidation sites excluding steroid dienone is 1. The van der Waals surface area contributed by atoms with E-state index in [-0.39, 0.29) is 5.75 Å². The number of carboxylic acid groups (broad SMARTS) is 1. The van der Waals surface area contributed by atoms with Crippen molar-refractivity contribution in [2.75, 3.05) is 20.0 Å². The fourth-order valence-corrected chi connectivity index (χ4v) is 3.27. The molecule has 0 bridgehead atoms. The second kappa shape index (κ2) is 12.0. The molecular formula is C24H28O7S. The Morgan fingerprint density at radius 2 is 1.84 bits per heavy atom. The number of hydrogen-bond donors (Lipinski definition) is 1. The van der Waals surface area contributed by atoms with Gasteiger partial charge in [0.05, 0.1) is 20.0 Å². The van der Waals surface area contributed by atoms with Crippen molar-refractivity contribution in [2.45, 2.75) is 26.2 Å². The van der Waals surface area contributed by atoms with Gasteiger partial charge in [0.1, 0.15) is 5.75 Å². The average molecular weight is 461 g/mol. The molecule has 2 aromatic carbocycles. The SMILES string of the molecule is CCCCOc1cc(/C=C/C(=O)O)ccc1/C=C/Cc1ccc(OS(C)(=O)=O)c(OC)c1. The van der Waals surface area contributed by atoms with Gasteiger partial charge in [-0.15, -0.1) is 0 Å². The quantitative estimate of drug-likeness (QED) is 0.281. The number of benzene rings is 2. The Balaban J connectivity index is 2.19. The van der Waals surface area contributed by atoms with Crippen LogP contribution in [0.2, 0.25) is 0 Å². The van der Waals surface area contributed by atoms with E-state index in [1.807, 2.05) is 30.4 Å². The van der Waals surface area contributed by atoms with Crippen LogP contribution in [-0.4, -0.2) is 39.5 Å². The van der Waals surface area contributed by atoms with Crippen molar-refractivity contribution < 1.29 is 32.0 Å². The first-order valence-corrected chi connectivity index (χ1v) is 11.9. The van der Waals surface area contributed by atoms with Crippen molar-refractivity contribution in [3.8, 4) is 17.2 Å². The van der Waals surface area contributed by atoms with Crippen LogP contribution >= 0.6 is 0 Å². The van der Waals surface area contributed by atoms with Crippen LogP contribution in [0.25, 0.3) is 12.2 Å². The molecule has 0 aliphatic rings. The largest absolute Gasteiger partial charge is 0.493 e. The Labute approximate surface area is 189 Å². The first kappa shape index (κ1) is 25.0. The lowest BCUT2D eigenvalue weighted by atomic mass is 10.1. The van der Waals surface area contributed by atoms with Gasteiger partial charge in [0, 0.05) is 11.6 Å². The molecule has 0 spiro atoms. The van der Waals surface area contributed by atoms with Gasteiger partial charge in [0.15, 0.2) is 11.5 Å². The summed E-state index contributed by atoms with van der Waals surface area (Å²) in [5, 5.41) is 8.83.